The number of carbonyl (C=O) groups excluding carboxylic acids is 1. The first kappa shape index (κ1) is 12.8. The van der Waals surface area contributed by atoms with E-state index in [1.54, 1.807) is 0 Å². The Morgan fingerprint density at radius 1 is 1.17 bits per heavy atom. The molecule has 2 saturated carbocycles. The van der Waals surface area contributed by atoms with Crippen LogP contribution >= 0.6 is 12.6 Å². The minimum Gasteiger partial charge on any atom is -0.342 e. The van der Waals surface area contributed by atoms with Crippen molar-refractivity contribution in [3.05, 3.63) is 0 Å². The van der Waals surface area contributed by atoms with Gasteiger partial charge in [0, 0.05) is 19.5 Å². The van der Waals surface area contributed by atoms with Crippen molar-refractivity contribution in [3.8, 4) is 0 Å². The van der Waals surface area contributed by atoms with E-state index >= 15 is 0 Å². The average molecular weight is 267 g/mol. The van der Waals surface area contributed by atoms with Gasteiger partial charge in [0.05, 0.1) is 0 Å². The average Bonchev–Trinajstić information content (AvgIpc) is 3.18. The Morgan fingerprint density at radius 2 is 1.89 bits per heavy atom. The summed E-state index contributed by atoms with van der Waals surface area (Å²) in [6.45, 7) is 2.06. The highest BCUT2D eigenvalue weighted by molar-refractivity contribution is 7.80. The van der Waals surface area contributed by atoms with Crippen molar-refractivity contribution in [3.63, 3.8) is 0 Å². The second-order valence-corrected chi connectivity index (χ2v) is 7.08. The molecule has 0 spiro atoms. The second-order valence-electron chi connectivity index (χ2n) is 6.77. The molecule has 2 unspecified atom stereocenters. The monoisotopic (exact) mass is 267 g/mol. The summed E-state index contributed by atoms with van der Waals surface area (Å²) in [6.07, 6.45) is 9.99. The van der Waals surface area contributed by atoms with Gasteiger partial charge in [0.2, 0.25) is 5.91 Å². The van der Waals surface area contributed by atoms with E-state index in [-0.39, 0.29) is 5.41 Å². The van der Waals surface area contributed by atoms with Crippen molar-refractivity contribution in [1.29, 1.82) is 0 Å². The molecule has 2 nitrogen and oxygen atoms in total. The molecule has 18 heavy (non-hydrogen) atoms. The van der Waals surface area contributed by atoms with E-state index in [9.17, 15) is 4.79 Å². The molecular weight excluding hydrogens is 242 g/mol. The van der Waals surface area contributed by atoms with Gasteiger partial charge < -0.3 is 4.90 Å². The largest absolute Gasteiger partial charge is 0.342 e. The summed E-state index contributed by atoms with van der Waals surface area (Å²) in [4.78, 5) is 14.5. The predicted molar refractivity (Wildman–Crippen MR) is 76.8 cm³/mol. The van der Waals surface area contributed by atoms with Crippen molar-refractivity contribution < 1.29 is 4.79 Å². The Balaban J connectivity index is 1.55. The highest BCUT2D eigenvalue weighted by Crippen LogP contribution is 2.50. The fraction of sp³-hybridized carbons (Fsp3) is 0.933. The number of amides is 1. The highest BCUT2D eigenvalue weighted by Gasteiger charge is 2.44. The first-order valence-corrected chi connectivity index (χ1v) is 8.24. The maximum atomic E-state index is 12.4. The second kappa shape index (κ2) is 5.07. The summed E-state index contributed by atoms with van der Waals surface area (Å²) >= 11 is 4.41. The van der Waals surface area contributed by atoms with Gasteiger partial charge in [0.15, 0.2) is 0 Å². The number of nitrogens with zero attached hydrogens (tertiary/aromatic N) is 1. The Kier molecular flexibility index (Phi) is 3.61. The summed E-state index contributed by atoms with van der Waals surface area (Å²) in [5.74, 6) is 3.02. The van der Waals surface area contributed by atoms with Crippen LogP contribution in [0.2, 0.25) is 0 Å². The van der Waals surface area contributed by atoms with Crippen LogP contribution in [0, 0.1) is 17.3 Å². The maximum Gasteiger partial charge on any atom is 0.223 e. The molecule has 3 rings (SSSR count). The topological polar surface area (TPSA) is 20.3 Å². The number of thiol groups is 1. The van der Waals surface area contributed by atoms with Gasteiger partial charge in [-0.1, -0.05) is 19.3 Å². The standard InChI is InChI=1S/C15H25NOS/c17-14(9-15(11-18)6-7-15)16-8-5-12-3-1-2-4-13(12)10-16/h12-13,18H,1-11H2. The molecule has 3 fully saturated rings. The number of hydrogen-bond acceptors (Lipinski definition) is 2. The number of piperidine rings is 1. The van der Waals surface area contributed by atoms with Gasteiger partial charge in [-0.3, -0.25) is 4.79 Å². The lowest BCUT2D eigenvalue weighted by Crippen LogP contribution is -2.45. The normalized spacial score (nSPS) is 33.9. The Hall–Kier alpha value is -0.180. The fourth-order valence-electron chi connectivity index (χ4n) is 3.83. The molecule has 1 heterocycles. The zero-order chi connectivity index (χ0) is 12.6. The molecule has 1 aliphatic heterocycles. The van der Waals surface area contributed by atoms with E-state index in [2.05, 4.69) is 17.5 Å². The fourth-order valence-corrected chi connectivity index (χ4v) is 4.26. The summed E-state index contributed by atoms with van der Waals surface area (Å²) in [6, 6.07) is 0. The van der Waals surface area contributed by atoms with Crippen LogP contribution in [-0.2, 0) is 4.79 Å². The molecule has 0 aromatic rings. The SMILES string of the molecule is O=C(CC1(CS)CC1)N1CCC2CCCCC2C1. The third-order valence-corrected chi connectivity index (χ3v) is 6.13. The summed E-state index contributed by atoms with van der Waals surface area (Å²) in [5.41, 5.74) is 0.281. The third-order valence-electron chi connectivity index (χ3n) is 5.46. The molecule has 0 N–H and O–H groups in total. The predicted octanol–water partition coefficient (Wildman–Crippen LogP) is 3.13. The van der Waals surface area contributed by atoms with Crippen LogP contribution in [0.4, 0.5) is 0 Å². The van der Waals surface area contributed by atoms with Crippen LogP contribution in [0.15, 0.2) is 0 Å². The molecular formula is C15H25NOS. The van der Waals surface area contributed by atoms with Gasteiger partial charge in [0.1, 0.15) is 0 Å². The zero-order valence-corrected chi connectivity index (χ0v) is 12.1. The number of likely N-dealkylation sites (tertiary alicyclic amines) is 1. The van der Waals surface area contributed by atoms with Crippen molar-refractivity contribution in [2.24, 2.45) is 17.3 Å². The molecule has 0 bridgehead atoms. The van der Waals surface area contributed by atoms with E-state index in [0.29, 0.717) is 5.91 Å². The number of rotatable bonds is 3. The molecule has 0 radical (unpaired) electrons. The van der Waals surface area contributed by atoms with Gasteiger partial charge in [-0.15, -0.1) is 0 Å². The van der Waals surface area contributed by atoms with Crippen molar-refractivity contribution in [2.45, 2.75) is 51.4 Å². The smallest absolute Gasteiger partial charge is 0.223 e. The van der Waals surface area contributed by atoms with Gasteiger partial charge in [-0.05, 0) is 48.7 Å². The summed E-state index contributed by atoms with van der Waals surface area (Å²) < 4.78 is 0. The van der Waals surface area contributed by atoms with Gasteiger partial charge in [0.25, 0.3) is 0 Å². The van der Waals surface area contributed by atoms with E-state index < -0.39 is 0 Å². The van der Waals surface area contributed by atoms with Gasteiger partial charge in [-0.25, -0.2) is 0 Å². The zero-order valence-electron chi connectivity index (χ0n) is 11.2. The molecule has 0 aromatic heterocycles. The lowest BCUT2D eigenvalue weighted by Gasteiger charge is -2.41. The molecule has 2 aliphatic carbocycles. The molecule has 0 aromatic carbocycles. The van der Waals surface area contributed by atoms with Crippen LogP contribution in [0.1, 0.15) is 51.4 Å². The van der Waals surface area contributed by atoms with Crippen LogP contribution < -0.4 is 0 Å². The van der Waals surface area contributed by atoms with Crippen molar-refractivity contribution in [1.82, 2.24) is 4.90 Å². The molecule has 1 saturated heterocycles. The molecule has 2 atom stereocenters. The minimum atomic E-state index is 0.281. The van der Waals surface area contributed by atoms with E-state index in [4.69, 9.17) is 0 Å². The summed E-state index contributed by atoms with van der Waals surface area (Å²) in [7, 11) is 0. The van der Waals surface area contributed by atoms with Crippen LogP contribution in [-0.4, -0.2) is 29.6 Å². The van der Waals surface area contributed by atoms with Gasteiger partial charge >= 0.3 is 0 Å². The Labute approximate surface area is 116 Å². The van der Waals surface area contributed by atoms with Crippen molar-refractivity contribution in [2.75, 3.05) is 18.8 Å². The molecule has 3 heteroatoms. The van der Waals surface area contributed by atoms with E-state index in [0.717, 1.165) is 37.1 Å². The molecule has 1 amide bonds. The minimum absolute atomic E-state index is 0.281. The quantitative estimate of drug-likeness (QED) is 0.779. The van der Waals surface area contributed by atoms with Crippen molar-refractivity contribution >= 4 is 18.5 Å². The van der Waals surface area contributed by atoms with Crippen LogP contribution in [0.3, 0.4) is 0 Å². The number of carbonyl (C=O) groups is 1. The third kappa shape index (κ3) is 2.56. The van der Waals surface area contributed by atoms with Crippen LogP contribution in [0.25, 0.3) is 0 Å². The molecule has 3 aliphatic rings. The first-order valence-electron chi connectivity index (χ1n) is 7.61. The maximum absolute atomic E-state index is 12.4. The Bertz CT molecular complexity index is 326. The van der Waals surface area contributed by atoms with E-state index in [1.165, 1.54) is 44.9 Å². The first-order chi connectivity index (χ1) is 8.72. The summed E-state index contributed by atoms with van der Waals surface area (Å²) in [5, 5.41) is 0. The van der Waals surface area contributed by atoms with Gasteiger partial charge in [-0.2, -0.15) is 12.6 Å². The molecule has 102 valence electrons. The number of hydrogen-bond donors (Lipinski definition) is 1. The van der Waals surface area contributed by atoms with E-state index in [1.807, 2.05) is 0 Å². The lowest BCUT2D eigenvalue weighted by atomic mass is 9.75. The number of fused-ring (bicyclic) bond motifs is 1. The highest BCUT2D eigenvalue weighted by atomic mass is 32.1. The van der Waals surface area contributed by atoms with Crippen LogP contribution in [0.5, 0.6) is 0 Å². The Morgan fingerprint density at radius 3 is 2.56 bits per heavy atom. The lowest BCUT2D eigenvalue weighted by molar-refractivity contribution is -0.135.